The molecule has 0 unspecified atom stereocenters. The molecule has 0 atom stereocenters. The van der Waals surface area contributed by atoms with Crippen molar-refractivity contribution < 1.29 is 14.3 Å². The highest BCUT2D eigenvalue weighted by molar-refractivity contribution is 9.10. The molecule has 0 aliphatic heterocycles. The monoisotopic (exact) mass is 381 g/mol. The predicted molar refractivity (Wildman–Crippen MR) is 91.0 cm³/mol. The van der Waals surface area contributed by atoms with Gasteiger partial charge in [0.1, 0.15) is 6.54 Å². The van der Waals surface area contributed by atoms with Gasteiger partial charge in [-0.3, -0.25) is 9.59 Å². The Morgan fingerprint density at radius 3 is 2.82 bits per heavy atom. The second-order valence-electron chi connectivity index (χ2n) is 4.57. The summed E-state index contributed by atoms with van der Waals surface area (Å²) in [6.07, 6.45) is 0.759. The van der Waals surface area contributed by atoms with Gasteiger partial charge in [0.2, 0.25) is 0 Å². The van der Waals surface area contributed by atoms with Crippen molar-refractivity contribution in [2.24, 2.45) is 0 Å². The average Bonchev–Trinajstić information content (AvgIpc) is 3.04. The number of hydrogen-bond acceptors (Lipinski definition) is 4. The standard InChI is InChI=1S/C16H16BrNO3S/c1-2-7-21-15(19)10-18-16(20)12-6-5-11(17)9-13(12)14-4-3-8-22-14/h3-6,8-9H,2,7,10H2,1H3,(H,18,20). The Labute approximate surface area is 141 Å². The van der Waals surface area contributed by atoms with Gasteiger partial charge in [-0.15, -0.1) is 11.3 Å². The highest BCUT2D eigenvalue weighted by atomic mass is 79.9. The smallest absolute Gasteiger partial charge is 0.325 e. The number of halogens is 1. The average molecular weight is 382 g/mol. The molecule has 22 heavy (non-hydrogen) atoms. The predicted octanol–water partition coefficient (Wildman–Crippen LogP) is 3.86. The van der Waals surface area contributed by atoms with Crippen LogP contribution in [0.15, 0.2) is 40.2 Å². The molecule has 1 N–H and O–H groups in total. The van der Waals surface area contributed by atoms with Gasteiger partial charge in [0.15, 0.2) is 0 Å². The van der Waals surface area contributed by atoms with E-state index in [-0.39, 0.29) is 12.5 Å². The molecule has 1 aromatic carbocycles. The molecule has 1 amide bonds. The Balaban J connectivity index is 2.11. The van der Waals surface area contributed by atoms with Crippen molar-refractivity contribution in [3.63, 3.8) is 0 Å². The van der Waals surface area contributed by atoms with Crippen LogP contribution >= 0.6 is 27.3 Å². The zero-order valence-corrected chi connectivity index (χ0v) is 14.5. The van der Waals surface area contributed by atoms with Crippen LogP contribution in [0.1, 0.15) is 23.7 Å². The van der Waals surface area contributed by atoms with Gasteiger partial charge in [-0.2, -0.15) is 0 Å². The van der Waals surface area contributed by atoms with Crippen LogP contribution in [-0.4, -0.2) is 25.0 Å². The number of carbonyl (C=O) groups excluding carboxylic acids is 2. The molecule has 6 heteroatoms. The molecule has 2 rings (SSSR count). The fraction of sp³-hybridized carbons (Fsp3) is 0.250. The molecule has 0 aliphatic rings. The van der Waals surface area contributed by atoms with Crippen molar-refractivity contribution in [3.05, 3.63) is 45.7 Å². The highest BCUT2D eigenvalue weighted by Gasteiger charge is 2.15. The Morgan fingerprint density at radius 2 is 2.14 bits per heavy atom. The SMILES string of the molecule is CCCOC(=O)CNC(=O)c1ccc(Br)cc1-c1cccs1. The number of hydrogen-bond donors (Lipinski definition) is 1. The lowest BCUT2D eigenvalue weighted by Gasteiger charge is -2.10. The van der Waals surface area contributed by atoms with Crippen LogP contribution in [0.5, 0.6) is 0 Å². The zero-order chi connectivity index (χ0) is 15.9. The quantitative estimate of drug-likeness (QED) is 0.772. The fourth-order valence-corrected chi connectivity index (χ4v) is 2.98. The molecule has 116 valence electrons. The topological polar surface area (TPSA) is 55.4 Å². The Morgan fingerprint density at radius 1 is 1.32 bits per heavy atom. The summed E-state index contributed by atoms with van der Waals surface area (Å²) in [5.74, 6) is -0.714. The van der Waals surface area contributed by atoms with Gasteiger partial charge in [-0.05, 0) is 36.1 Å². The Hall–Kier alpha value is -1.66. The number of rotatable bonds is 6. The fourth-order valence-electron chi connectivity index (χ4n) is 1.86. The molecule has 0 bridgehead atoms. The van der Waals surface area contributed by atoms with E-state index in [1.807, 2.05) is 30.5 Å². The largest absolute Gasteiger partial charge is 0.464 e. The minimum Gasteiger partial charge on any atom is -0.464 e. The third kappa shape index (κ3) is 4.42. The molecule has 2 aromatic rings. The summed E-state index contributed by atoms with van der Waals surface area (Å²) in [7, 11) is 0. The van der Waals surface area contributed by atoms with E-state index >= 15 is 0 Å². The van der Waals surface area contributed by atoms with E-state index in [0.717, 1.165) is 21.3 Å². The van der Waals surface area contributed by atoms with Crippen molar-refractivity contribution >= 4 is 39.1 Å². The van der Waals surface area contributed by atoms with Crippen molar-refractivity contribution in [3.8, 4) is 10.4 Å². The third-order valence-corrected chi connectivity index (χ3v) is 4.27. The van der Waals surface area contributed by atoms with Crippen LogP contribution in [0.4, 0.5) is 0 Å². The number of thiophene rings is 1. The number of amides is 1. The van der Waals surface area contributed by atoms with Gasteiger partial charge in [-0.1, -0.05) is 28.9 Å². The molecular formula is C16H16BrNO3S. The van der Waals surface area contributed by atoms with Gasteiger partial charge in [0.05, 0.1) is 6.61 Å². The van der Waals surface area contributed by atoms with E-state index in [2.05, 4.69) is 21.2 Å². The van der Waals surface area contributed by atoms with Crippen molar-refractivity contribution in [1.29, 1.82) is 0 Å². The lowest BCUT2D eigenvalue weighted by molar-refractivity contribution is -0.142. The maximum atomic E-state index is 12.3. The molecule has 0 fully saturated rings. The van der Waals surface area contributed by atoms with Gasteiger partial charge >= 0.3 is 5.97 Å². The molecule has 0 saturated heterocycles. The lowest BCUT2D eigenvalue weighted by atomic mass is 10.1. The van der Waals surface area contributed by atoms with Crippen LogP contribution < -0.4 is 5.32 Å². The maximum absolute atomic E-state index is 12.3. The molecule has 0 aliphatic carbocycles. The van der Waals surface area contributed by atoms with E-state index in [1.54, 1.807) is 23.5 Å². The van der Waals surface area contributed by atoms with Crippen molar-refractivity contribution in [1.82, 2.24) is 5.32 Å². The summed E-state index contributed by atoms with van der Waals surface area (Å²) in [4.78, 5) is 24.8. The highest BCUT2D eigenvalue weighted by Crippen LogP contribution is 2.30. The second kappa shape index (κ2) is 8.10. The summed E-state index contributed by atoms with van der Waals surface area (Å²) in [5, 5.41) is 4.56. The van der Waals surface area contributed by atoms with Crippen molar-refractivity contribution in [2.75, 3.05) is 13.2 Å². The van der Waals surface area contributed by atoms with Crippen LogP contribution in [0.25, 0.3) is 10.4 Å². The van der Waals surface area contributed by atoms with Crippen LogP contribution in [0.2, 0.25) is 0 Å². The number of benzene rings is 1. The van der Waals surface area contributed by atoms with E-state index in [4.69, 9.17) is 4.74 Å². The minimum atomic E-state index is -0.426. The summed E-state index contributed by atoms with van der Waals surface area (Å²) < 4.78 is 5.84. The summed E-state index contributed by atoms with van der Waals surface area (Å²) in [5.41, 5.74) is 1.37. The summed E-state index contributed by atoms with van der Waals surface area (Å²) in [6, 6.07) is 9.34. The van der Waals surface area contributed by atoms with Crippen LogP contribution in [0, 0.1) is 0 Å². The summed E-state index contributed by atoms with van der Waals surface area (Å²) >= 11 is 4.98. The first-order valence-corrected chi connectivity index (χ1v) is 8.56. The normalized spacial score (nSPS) is 10.3. The number of ether oxygens (including phenoxy) is 1. The molecule has 0 spiro atoms. The first-order chi connectivity index (χ1) is 10.6. The second-order valence-corrected chi connectivity index (χ2v) is 6.43. The van der Waals surface area contributed by atoms with E-state index in [1.165, 1.54) is 0 Å². The van der Waals surface area contributed by atoms with E-state index in [0.29, 0.717) is 12.2 Å². The summed E-state index contributed by atoms with van der Waals surface area (Å²) in [6.45, 7) is 2.16. The zero-order valence-electron chi connectivity index (χ0n) is 12.1. The first-order valence-electron chi connectivity index (χ1n) is 6.89. The molecular weight excluding hydrogens is 366 g/mol. The van der Waals surface area contributed by atoms with Gasteiger partial charge in [0, 0.05) is 20.5 Å². The molecule has 1 heterocycles. The van der Waals surface area contributed by atoms with Crippen LogP contribution in [0.3, 0.4) is 0 Å². The van der Waals surface area contributed by atoms with Gasteiger partial charge in [-0.25, -0.2) is 0 Å². The first kappa shape index (κ1) is 16.7. The van der Waals surface area contributed by atoms with E-state index in [9.17, 15) is 9.59 Å². The van der Waals surface area contributed by atoms with E-state index < -0.39 is 5.97 Å². The van der Waals surface area contributed by atoms with Crippen molar-refractivity contribution in [2.45, 2.75) is 13.3 Å². The van der Waals surface area contributed by atoms with Gasteiger partial charge in [0.25, 0.3) is 5.91 Å². The third-order valence-electron chi connectivity index (χ3n) is 2.87. The molecule has 0 saturated carbocycles. The Bertz CT molecular complexity index is 655. The minimum absolute atomic E-state index is 0.126. The van der Waals surface area contributed by atoms with Gasteiger partial charge < -0.3 is 10.1 Å². The lowest BCUT2D eigenvalue weighted by Crippen LogP contribution is -2.31. The van der Waals surface area contributed by atoms with Crippen LogP contribution in [-0.2, 0) is 9.53 Å². The Kier molecular flexibility index (Phi) is 6.15. The number of esters is 1. The molecule has 0 radical (unpaired) electrons. The molecule has 4 nitrogen and oxygen atoms in total. The number of nitrogens with one attached hydrogen (secondary N) is 1. The number of carbonyl (C=O) groups is 2. The molecule has 1 aromatic heterocycles. The maximum Gasteiger partial charge on any atom is 0.325 e.